The van der Waals surface area contributed by atoms with Crippen molar-refractivity contribution < 1.29 is 38.5 Å². The molecule has 0 aromatic heterocycles. The molecule has 2 aromatic carbocycles. The van der Waals surface area contributed by atoms with Crippen LogP contribution in [-0.2, 0) is 28.7 Å². The van der Waals surface area contributed by atoms with Crippen LogP contribution in [-0.4, -0.2) is 96.2 Å². The minimum atomic E-state index is -1.23. The van der Waals surface area contributed by atoms with Crippen molar-refractivity contribution in [2.75, 3.05) is 38.8 Å². The van der Waals surface area contributed by atoms with E-state index >= 15 is 0 Å². The summed E-state index contributed by atoms with van der Waals surface area (Å²) in [6.07, 6.45) is 5.44. The number of ether oxygens (including phenoxy) is 3. The van der Waals surface area contributed by atoms with Gasteiger partial charge in [-0.15, -0.1) is 13.2 Å². The van der Waals surface area contributed by atoms with E-state index in [4.69, 9.17) is 14.2 Å². The van der Waals surface area contributed by atoms with Crippen molar-refractivity contribution in [2.24, 2.45) is 11.8 Å². The Kier molecular flexibility index (Phi) is 12.4. The number of amides is 3. The minimum absolute atomic E-state index is 0.0300. The highest BCUT2D eigenvalue weighted by Gasteiger charge is 2.75. The smallest absolute Gasteiger partial charge is 0.313 e. The van der Waals surface area contributed by atoms with Gasteiger partial charge in [0.2, 0.25) is 11.8 Å². The topological polar surface area (TPSA) is 126 Å². The molecule has 7 atom stereocenters. The van der Waals surface area contributed by atoms with Gasteiger partial charge < -0.3 is 34.0 Å². The maximum atomic E-state index is 14.8. The number of rotatable bonds is 18. The molecule has 1 N–H and O–H groups in total. The third kappa shape index (κ3) is 7.46. The molecule has 0 aliphatic carbocycles. The summed E-state index contributed by atoms with van der Waals surface area (Å²) in [6, 6.07) is 14.9. The summed E-state index contributed by atoms with van der Waals surface area (Å²) in [5.74, 6) is -2.53. The van der Waals surface area contributed by atoms with Crippen molar-refractivity contribution in [2.45, 2.75) is 81.8 Å². The fourth-order valence-electron chi connectivity index (χ4n) is 8.00. The zero-order valence-corrected chi connectivity index (χ0v) is 29.9. The van der Waals surface area contributed by atoms with E-state index in [9.17, 15) is 24.3 Å². The number of benzene rings is 2. The van der Waals surface area contributed by atoms with Crippen LogP contribution in [0.3, 0.4) is 0 Å². The van der Waals surface area contributed by atoms with Gasteiger partial charge in [-0.25, -0.2) is 0 Å². The molecule has 5 rings (SSSR count). The molecule has 0 saturated carbocycles. The first-order valence-corrected chi connectivity index (χ1v) is 17.9. The van der Waals surface area contributed by atoms with E-state index in [1.807, 2.05) is 37.3 Å². The lowest BCUT2D eigenvalue weighted by Gasteiger charge is -2.37. The van der Waals surface area contributed by atoms with E-state index in [1.165, 1.54) is 0 Å². The van der Waals surface area contributed by atoms with Gasteiger partial charge in [0.15, 0.2) is 0 Å². The van der Waals surface area contributed by atoms with Crippen LogP contribution in [0.4, 0.5) is 5.69 Å². The standard InChI is InChI=1S/C40H51N3O8/c1-6-8-17-32(45)41(4)27(3)35(28-15-11-9-12-16-28)50-39(48)33-31-22-23-40(51-31)34(33)37(46)43(25-13-10-14-26-44)36(40)38(47)42(24-7-2)29-18-20-30(49-5)21-19-29/h6-7,9,11-12,15-16,18-21,27,31,33-36,44H,1-2,8,10,13-14,17,22-26H2,3-5H3/t27-,31+,33-,34-,35+,36+,40-/m0/s1. The lowest BCUT2D eigenvalue weighted by molar-refractivity contribution is -0.164. The Bertz CT molecular complexity index is 1570. The predicted molar refractivity (Wildman–Crippen MR) is 193 cm³/mol. The van der Waals surface area contributed by atoms with Crippen molar-refractivity contribution >= 4 is 29.4 Å². The van der Waals surface area contributed by atoms with E-state index in [1.54, 1.807) is 65.3 Å². The van der Waals surface area contributed by atoms with Crippen LogP contribution in [0.15, 0.2) is 79.9 Å². The molecule has 2 aromatic rings. The molecule has 3 fully saturated rings. The number of aliphatic hydroxyl groups excluding tert-OH is 1. The second-order valence-electron chi connectivity index (χ2n) is 13.6. The predicted octanol–water partition coefficient (Wildman–Crippen LogP) is 4.85. The minimum Gasteiger partial charge on any atom is -0.497 e. The molecule has 3 heterocycles. The number of likely N-dealkylation sites (N-methyl/N-ethyl adjacent to an activating group) is 1. The summed E-state index contributed by atoms with van der Waals surface area (Å²) >= 11 is 0. The number of hydrogen-bond acceptors (Lipinski definition) is 8. The maximum Gasteiger partial charge on any atom is 0.313 e. The van der Waals surface area contributed by atoms with Gasteiger partial charge in [-0.05, 0) is 75.3 Å². The highest BCUT2D eigenvalue weighted by Crippen LogP contribution is 2.59. The van der Waals surface area contributed by atoms with Gasteiger partial charge in [0.25, 0.3) is 5.91 Å². The van der Waals surface area contributed by atoms with Crippen LogP contribution in [0.1, 0.15) is 63.5 Å². The Morgan fingerprint density at radius 1 is 1.08 bits per heavy atom. The number of esters is 1. The Hall–Kier alpha value is -4.48. The van der Waals surface area contributed by atoms with Crippen LogP contribution in [0.2, 0.25) is 0 Å². The molecule has 11 heteroatoms. The summed E-state index contributed by atoms with van der Waals surface area (Å²) in [5, 5.41) is 9.40. The SMILES string of the molecule is C=CCCC(=O)N(C)[C@@H](C)[C@@H](OC(=O)[C@@H]1[C@H]2C(=O)N(CCCCCO)[C@H](C(=O)N(CC=C)c3ccc(OC)cc3)[C@]23CC[C@H]1O3)c1ccccc1. The molecule has 3 aliphatic rings. The number of methoxy groups -OCH3 is 1. The lowest BCUT2D eigenvalue weighted by atomic mass is 9.70. The summed E-state index contributed by atoms with van der Waals surface area (Å²) in [7, 11) is 3.26. The van der Waals surface area contributed by atoms with Gasteiger partial charge in [0.05, 0.1) is 31.1 Å². The second kappa shape index (κ2) is 16.7. The molecule has 3 amide bonds. The highest BCUT2D eigenvalue weighted by molar-refractivity contribution is 6.04. The highest BCUT2D eigenvalue weighted by atomic mass is 16.6. The number of carbonyl (C=O) groups excluding carboxylic acids is 4. The number of hydrogen-bond donors (Lipinski definition) is 1. The molecular formula is C40H51N3O8. The van der Waals surface area contributed by atoms with E-state index in [-0.39, 0.29) is 43.8 Å². The maximum absolute atomic E-state index is 14.8. The molecule has 2 bridgehead atoms. The molecule has 1 spiro atoms. The van der Waals surface area contributed by atoms with Gasteiger partial charge in [-0.1, -0.05) is 42.5 Å². The summed E-state index contributed by atoms with van der Waals surface area (Å²) < 4.78 is 18.3. The lowest BCUT2D eigenvalue weighted by Crippen LogP contribution is -2.56. The second-order valence-corrected chi connectivity index (χ2v) is 13.6. The third-order valence-corrected chi connectivity index (χ3v) is 10.7. The van der Waals surface area contributed by atoms with Crippen LogP contribution in [0.25, 0.3) is 0 Å². The van der Waals surface area contributed by atoms with Crippen LogP contribution in [0.5, 0.6) is 5.75 Å². The Morgan fingerprint density at radius 2 is 1.80 bits per heavy atom. The van der Waals surface area contributed by atoms with Crippen molar-refractivity contribution in [1.29, 1.82) is 0 Å². The average Bonchev–Trinajstić information content (AvgIpc) is 3.80. The summed E-state index contributed by atoms with van der Waals surface area (Å²) in [4.78, 5) is 61.6. The van der Waals surface area contributed by atoms with Crippen molar-refractivity contribution in [3.63, 3.8) is 0 Å². The Balaban J connectivity index is 1.48. The number of aliphatic hydroxyl groups is 1. The number of nitrogens with zero attached hydrogens (tertiary/aromatic N) is 3. The van der Waals surface area contributed by atoms with E-state index in [0.29, 0.717) is 50.0 Å². The number of fused-ring (bicyclic) bond motifs is 1. The monoisotopic (exact) mass is 701 g/mol. The van der Waals surface area contributed by atoms with E-state index in [2.05, 4.69) is 13.2 Å². The fraction of sp³-hybridized carbons (Fsp3) is 0.500. The third-order valence-electron chi connectivity index (χ3n) is 10.7. The fourth-order valence-corrected chi connectivity index (χ4v) is 8.00. The zero-order chi connectivity index (χ0) is 36.7. The van der Waals surface area contributed by atoms with Gasteiger partial charge >= 0.3 is 5.97 Å². The van der Waals surface area contributed by atoms with Crippen LogP contribution < -0.4 is 9.64 Å². The number of unbranched alkanes of at least 4 members (excludes halogenated alkanes) is 2. The molecule has 3 saturated heterocycles. The van der Waals surface area contributed by atoms with Crippen molar-refractivity contribution in [3.05, 3.63) is 85.5 Å². The zero-order valence-electron chi connectivity index (χ0n) is 29.9. The molecule has 11 nitrogen and oxygen atoms in total. The first kappa shape index (κ1) is 37.8. The van der Waals surface area contributed by atoms with Crippen LogP contribution in [0, 0.1) is 11.8 Å². The molecule has 51 heavy (non-hydrogen) atoms. The summed E-state index contributed by atoms with van der Waals surface area (Å²) in [5.41, 5.74) is 0.107. The van der Waals surface area contributed by atoms with Gasteiger partial charge in [0, 0.05) is 38.9 Å². The van der Waals surface area contributed by atoms with E-state index in [0.717, 1.165) is 5.56 Å². The number of allylic oxidation sites excluding steroid dienone is 1. The molecule has 274 valence electrons. The van der Waals surface area contributed by atoms with E-state index < -0.39 is 47.7 Å². The van der Waals surface area contributed by atoms with Crippen molar-refractivity contribution in [3.8, 4) is 5.75 Å². The first-order chi connectivity index (χ1) is 24.6. The van der Waals surface area contributed by atoms with Gasteiger partial charge in [-0.2, -0.15) is 0 Å². The molecule has 0 radical (unpaired) electrons. The van der Waals surface area contributed by atoms with Gasteiger partial charge in [-0.3, -0.25) is 19.2 Å². The number of likely N-dealkylation sites (tertiary alicyclic amines) is 1. The Morgan fingerprint density at radius 3 is 2.45 bits per heavy atom. The first-order valence-electron chi connectivity index (χ1n) is 17.9. The normalized spacial score (nSPS) is 24.4. The number of anilines is 1. The van der Waals surface area contributed by atoms with Crippen LogP contribution >= 0.6 is 0 Å². The molecule has 3 aliphatic heterocycles. The average molecular weight is 702 g/mol. The van der Waals surface area contributed by atoms with Gasteiger partial charge in [0.1, 0.15) is 23.5 Å². The Labute approximate surface area is 300 Å². The molecule has 0 unspecified atom stereocenters. The summed E-state index contributed by atoms with van der Waals surface area (Å²) in [6.45, 7) is 9.93. The molecular weight excluding hydrogens is 650 g/mol. The number of carbonyl (C=O) groups is 4. The van der Waals surface area contributed by atoms with Crippen molar-refractivity contribution in [1.82, 2.24) is 9.80 Å². The largest absolute Gasteiger partial charge is 0.497 e. The quantitative estimate of drug-likeness (QED) is 0.133.